The van der Waals surface area contributed by atoms with Crippen LogP contribution in [0.15, 0.2) is 30.5 Å². The molecule has 2 aromatic rings. The van der Waals surface area contributed by atoms with Gasteiger partial charge in [-0.05, 0) is 18.6 Å². The Morgan fingerprint density at radius 1 is 0.825 bits per heavy atom. The van der Waals surface area contributed by atoms with Crippen molar-refractivity contribution in [1.82, 2.24) is 15.0 Å². The zero-order valence-corrected chi connectivity index (χ0v) is 23.7. The minimum atomic E-state index is -1.00. The lowest BCUT2D eigenvalue weighted by molar-refractivity contribution is -0.0339. The summed E-state index contributed by atoms with van der Waals surface area (Å²) in [6.07, 6.45) is 10.6. The van der Waals surface area contributed by atoms with Gasteiger partial charge in [0.15, 0.2) is 0 Å². The second kappa shape index (κ2) is 20.5. The number of aliphatic hydroxyl groups is 4. The van der Waals surface area contributed by atoms with Crippen LogP contribution in [0.4, 0.5) is 0 Å². The van der Waals surface area contributed by atoms with Crippen LogP contribution in [0.1, 0.15) is 81.1 Å². The molecule has 11 nitrogen and oxygen atoms in total. The van der Waals surface area contributed by atoms with E-state index in [-0.39, 0.29) is 32.4 Å². The number of ether oxygens (including phenoxy) is 3. The summed E-state index contributed by atoms with van der Waals surface area (Å²) in [6.45, 7) is 1.90. The van der Waals surface area contributed by atoms with E-state index in [1.54, 1.807) is 35.1 Å². The van der Waals surface area contributed by atoms with E-state index in [0.29, 0.717) is 17.9 Å². The normalized spacial score (nSPS) is 13.7. The molecule has 11 heteroatoms. The molecule has 2 rings (SSSR count). The van der Waals surface area contributed by atoms with Crippen LogP contribution in [0.5, 0.6) is 0 Å². The second-order valence-corrected chi connectivity index (χ2v) is 10.0. The van der Waals surface area contributed by atoms with Crippen LogP contribution in [-0.2, 0) is 14.2 Å². The number of esters is 1. The Hall–Kier alpha value is -2.41. The van der Waals surface area contributed by atoms with Gasteiger partial charge in [-0.2, -0.15) is 0 Å². The highest BCUT2D eigenvalue weighted by Crippen LogP contribution is 2.19. The monoisotopic (exact) mass is 565 g/mol. The topological polar surface area (TPSA) is 156 Å². The third kappa shape index (κ3) is 13.3. The SMILES string of the molecule is CCCCCCCCCCCOC(=O)c1ccc(-c2cn(C(COCC(O)CO)COCC(O)CO)nn2)cc1. The zero-order chi connectivity index (χ0) is 29.0. The number of hydrogen-bond acceptors (Lipinski definition) is 10. The number of carbonyl (C=O) groups excluding carboxylic acids is 1. The number of carbonyl (C=O) groups is 1. The van der Waals surface area contributed by atoms with Gasteiger partial charge >= 0.3 is 5.97 Å². The molecule has 0 aliphatic heterocycles. The fraction of sp³-hybridized carbons (Fsp3) is 0.690. The Morgan fingerprint density at radius 2 is 1.38 bits per heavy atom. The number of aliphatic hydroxyl groups excluding tert-OH is 4. The maximum absolute atomic E-state index is 12.4. The van der Waals surface area contributed by atoms with Crippen LogP contribution in [-0.4, -0.2) is 99.8 Å². The minimum Gasteiger partial charge on any atom is -0.462 e. The van der Waals surface area contributed by atoms with Gasteiger partial charge < -0.3 is 34.6 Å². The molecule has 1 aromatic carbocycles. The smallest absolute Gasteiger partial charge is 0.338 e. The van der Waals surface area contributed by atoms with Crippen molar-refractivity contribution < 1.29 is 39.4 Å². The van der Waals surface area contributed by atoms with Crippen molar-refractivity contribution in [3.63, 3.8) is 0 Å². The fourth-order valence-corrected chi connectivity index (χ4v) is 4.01. The van der Waals surface area contributed by atoms with E-state index in [1.807, 2.05) is 0 Å². The molecule has 0 spiro atoms. The molecule has 0 saturated heterocycles. The lowest BCUT2D eigenvalue weighted by Crippen LogP contribution is -2.28. The molecule has 0 amide bonds. The molecular weight excluding hydrogens is 518 g/mol. The molecule has 2 unspecified atom stereocenters. The second-order valence-electron chi connectivity index (χ2n) is 10.0. The largest absolute Gasteiger partial charge is 0.462 e. The molecule has 2 atom stereocenters. The van der Waals surface area contributed by atoms with Crippen LogP contribution >= 0.6 is 0 Å². The molecule has 0 bridgehead atoms. The Morgan fingerprint density at radius 3 is 1.93 bits per heavy atom. The number of nitrogens with zero attached hydrogens (tertiary/aromatic N) is 3. The molecule has 40 heavy (non-hydrogen) atoms. The van der Waals surface area contributed by atoms with E-state index in [0.717, 1.165) is 18.4 Å². The van der Waals surface area contributed by atoms with Crippen LogP contribution in [0.3, 0.4) is 0 Å². The summed E-state index contributed by atoms with van der Waals surface area (Å²) < 4.78 is 17.9. The van der Waals surface area contributed by atoms with Gasteiger partial charge in [-0.3, -0.25) is 0 Å². The van der Waals surface area contributed by atoms with E-state index in [9.17, 15) is 15.0 Å². The van der Waals surface area contributed by atoms with Crippen LogP contribution in [0.2, 0.25) is 0 Å². The van der Waals surface area contributed by atoms with E-state index in [1.165, 1.54) is 44.9 Å². The minimum absolute atomic E-state index is 0.0650. The fourth-order valence-electron chi connectivity index (χ4n) is 4.01. The average molecular weight is 566 g/mol. The molecule has 0 fully saturated rings. The summed E-state index contributed by atoms with van der Waals surface area (Å²) in [7, 11) is 0. The van der Waals surface area contributed by atoms with Crippen molar-refractivity contribution in [3.8, 4) is 11.3 Å². The highest BCUT2D eigenvalue weighted by Gasteiger charge is 2.17. The van der Waals surface area contributed by atoms with Crippen LogP contribution < -0.4 is 0 Å². The summed E-state index contributed by atoms with van der Waals surface area (Å²) in [5.41, 5.74) is 1.80. The van der Waals surface area contributed by atoms with E-state index < -0.39 is 31.5 Å². The van der Waals surface area contributed by atoms with Crippen molar-refractivity contribution in [2.24, 2.45) is 0 Å². The van der Waals surface area contributed by atoms with E-state index in [4.69, 9.17) is 24.4 Å². The Kier molecular flexibility index (Phi) is 17.3. The quantitative estimate of drug-likeness (QED) is 0.117. The van der Waals surface area contributed by atoms with Crippen molar-refractivity contribution in [1.29, 1.82) is 0 Å². The molecule has 0 saturated carbocycles. The van der Waals surface area contributed by atoms with Gasteiger partial charge in [0, 0.05) is 5.56 Å². The first-order valence-corrected chi connectivity index (χ1v) is 14.4. The van der Waals surface area contributed by atoms with Crippen LogP contribution in [0.25, 0.3) is 11.3 Å². The standard InChI is InChI=1S/C29H47N3O8/c1-2-3-4-5-6-7-8-9-10-15-40-29(37)24-13-11-23(12-14-24)28-16-32(31-30-28)25(19-38-21-26(35)17-33)20-39-22-27(36)18-34/h11-14,16,25-27,33-36H,2-10,15,17-22H2,1H3. The van der Waals surface area contributed by atoms with Gasteiger partial charge in [0.2, 0.25) is 0 Å². The summed E-state index contributed by atoms with van der Waals surface area (Å²) in [6, 6.07) is 6.52. The lowest BCUT2D eigenvalue weighted by atomic mass is 10.1. The molecular formula is C29H47N3O8. The molecule has 1 aromatic heterocycles. The predicted molar refractivity (Wildman–Crippen MR) is 150 cm³/mol. The van der Waals surface area contributed by atoms with Crippen molar-refractivity contribution in [2.45, 2.75) is 83.0 Å². The maximum atomic E-state index is 12.4. The predicted octanol–water partition coefficient (Wildman–Crippen LogP) is 2.91. The number of aromatic nitrogens is 3. The van der Waals surface area contributed by atoms with E-state index in [2.05, 4.69) is 17.2 Å². The summed E-state index contributed by atoms with van der Waals surface area (Å²) >= 11 is 0. The molecule has 0 aliphatic rings. The van der Waals surface area contributed by atoms with Crippen molar-refractivity contribution in [2.75, 3.05) is 46.2 Å². The Labute approximate surface area is 237 Å². The van der Waals surface area contributed by atoms with Gasteiger partial charge in [-0.25, -0.2) is 9.48 Å². The first-order valence-electron chi connectivity index (χ1n) is 14.4. The maximum Gasteiger partial charge on any atom is 0.338 e. The van der Waals surface area contributed by atoms with E-state index >= 15 is 0 Å². The van der Waals surface area contributed by atoms with Crippen LogP contribution in [0, 0.1) is 0 Å². The first kappa shape index (κ1) is 33.8. The summed E-state index contributed by atoms with van der Waals surface area (Å²) in [4.78, 5) is 12.4. The van der Waals surface area contributed by atoms with Gasteiger partial charge in [0.25, 0.3) is 0 Å². The average Bonchev–Trinajstić information content (AvgIpc) is 3.47. The third-order valence-corrected chi connectivity index (χ3v) is 6.44. The number of hydrogen-bond donors (Lipinski definition) is 4. The molecule has 4 N–H and O–H groups in total. The third-order valence-electron chi connectivity index (χ3n) is 6.44. The first-order chi connectivity index (χ1) is 19.5. The number of rotatable bonds is 23. The molecule has 1 heterocycles. The lowest BCUT2D eigenvalue weighted by Gasteiger charge is -2.19. The number of unbranched alkanes of at least 4 members (excludes halogenated alkanes) is 8. The van der Waals surface area contributed by atoms with Gasteiger partial charge in [0.05, 0.1) is 58.0 Å². The number of benzene rings is 1. The van der Waals surface area contributed by atoms with Gasteiger partial charge in [0.1, 0.15) is 23.9 Å². The Balaban J connectivity index is 1.83. The summed E-state index contributed by atoms with van der Waals surface area (Å²) in [5.74, 6) is -0.348. The summed E-state index contributed by atoms with van der Waals surface area (Å²) in [5, 5.41) is 45.4. The Bertz CT molecular complexity index is 908. The van der Waals surface area contributed by atoms with Gasteiger partial charge in [-0.1, -0.05) is 75.6 Å². The molecule has 0 aliphatic carbocycles. The van der Waals surface area contributed by atoms with Crippen molar-refractivity contribution >= 4 is 5.97 Å². The highest BCUT2D eigenvalue weighted by molar-refractivity contribution is 5.89. The molecule has 0 radical (unpaired) electrons. The molecule has 226 valence electrons. The highest BCUT2D eigenvalue weighted by atomic mass is 16.5. The zero-order valence-electron chi connectivity index (χ0n) is 23.7. The van der Waals surface area contributed by atoms with Crippen molar-refractivity contribution in [3.05, 3.63) is 36.0 Å². The van der Waals surface area contributed by atoms with Gasteiger partial charge in [-0.15, -0.1) is 5.10 Å².